The summed E-state index contributed by atoms with van der Waals surface area (Å²) in [5.41, 5.74) is 0.882. The van der Waals surface area contributed by atoms with Gasteiger partial charge in [-0.2, -0.15) is 4.37 Å². The summed E-state index contributed by atoms with van der Waals surface area (Å²) in [6.07, 6.45) is 0.637. The Morgan fingerprint density at radius 2 is 2.43 bits per heavy atom. The van der Waals surface area contributed by atoms with Crippen LogP contribution in [0.1, 0.15) is 19.7 Å². The number of aromatic nitrogens is 2. The van der Waals surface area contributed by atoms with Crippen molar-refractivity contribution in [2.75, 3.05) is 19.0 Å². The summed E-state index contributed by atoms with van der Waals surface area (Å²) in [5, 5.41) is 7.65. The highest BCUT2D eigenvalue weighted by Crippen LogP contribution is 2.10. The van der Waals surface area contributed by atoms with Crippen LogP contribution in [0, 0.1) is 0 Å². The second-order valence-corrected chi connectivity index (χ2v) is 3.44. The third-order valence-electron chi connectivity index (χ3n) is 1.45. The van der Waals surface area contributed by atoms with Crippen LogP contribution in [-0.4, -0.2) is 28.7 Å². The molecular weight excluding hydrogens is 200 g/mol. The van der Waals surface area contributed by atoms with Gasteiger partial charge in [-0.15, -0.1) is 0 Å². The van der Waals surface area contributed by atoms with Crippen molar-refractivity contribution in [2.24, 2.45) is 5.16 Å². The molecule has 0 amide bonds. The molecule has 0 saturated carbocycles. The SMILES string of the molecule is CCON=C(C)Cc1nsc(NC)n1. The van der Waals surface area contributed by atoms with E-state index in [4.69, 9.17) is 4.84 Å². The van der Waals surface area contributed by atoms with E-state index in [0.717, 1.165) is 16.7 Å². The quantitative estimate of drug-likeness (QED) is 0.596. The first-order valence-corrected chi connectivity index (χ1v) is 5.19. The molecule has 0 atom stereocenters. The molecule has 0 unspecified atom stereocenters. The molecule has 0 fully saturated rings. The summed E-state index contributed by atoms with van der Waals surface area (Å²) in [4.78, 5) is 9.16. The molecule has 1 aromatic heterocycles. The predicted octanol–water partition coefficient (Wildman–Crippen LogP) is 1.53. The van der Waals surface area contributed by atoms with Crippen molar-refractivity contribution in [3.8, 4) is 0 Å². The van der Waals surface area contributed by atoms with Gasteiger partial charge in [0.15, 0.2) is 0 Å². The molecule has 0 bridgehead atoms. The molecule has 0 aromatic carbocycles. The lowest BCUT2D eigenvalue weighted by Crippen LogP contribution is -2.01. The first-order valence-electron chi connectivity index (χ1n) is 4.42. The smallest absolute Gasteiger partial charge is 0.202 e. The third kappa shape index (κ3) is 3.29. The van der Waals surface area contributed by atoms with E-state index in [-0.39, 0.29) is 0 Å². The molecule has 1 heterocycles. The van der Waals surface area contributed by atoms with Gasteiger partial charge in [-0.3, -0.25) is 0 Å². The topological polar surface area (TPSA) is 59.4 Å². The fourth-order valence-corrected chi connectivity index (χ4v) is 1.40. The van der Waals surface area contributed by atoms with Gasteiger partial charge in [-0.05, 0) is 13.8 Å². The minimum Gasteiger partial charge on any atom is -0.396 e. The lowest BCUT2D eigenvalue weighted by atomic mass is 10.3. The minimum atomic E-state index is 0.587. The van der Waals surface area contributed by atoms with E-state index in [2.05, 4.69) is 19.8 Å². The molecule has 0 aliphatic rings. The molecular formula is C8H14N4OS. The molecule has 78 valence electrons. The largest absolute Gasteiger partial charge is 0.396 e. The molecule has 0 aliphatic carbocycles. The Morgan fingerprint density at radius 1 is 1.64 bits per heavy atom. The van der Waals surface area contributed by atoms with Gasteiger partial charge in [0.1, 0.15) is 12.4 Å². The average Bonchev–Trinajstić information content (AvgIpc) is 2.62. The Morgan fingerprint density at radius 3 is 3.00 bits per heavy atom. The fourth-order valence-electron chi connectivity index (χ4n) is 0.863. The van der Waals surface area contributed by atoms with Crippen LogP contribution in [0.5, 0.6) is 0 Å². The van der Waals surface area contributed by atoms with Crippen molar-refractivity contribution in [2.45, 2.75) is 20.3 Å². The second kappa shape index (κ2) is 5.54. The molecule has 1 aromatic rings. The minimum absolute atomic E-state index is 0.587. The molecule has 6 heteroatoms. The van der Waals surface area contributed by atoms with Crippen LogP contribution in [0.2, 0.25) is 0 Å². The van der Waals surface area contributed by atoms with Gasteiger partial charge in [0.2, 0.25) is 5.13 Å². The van der Waals surface area contributed by atoms with Gasteiger partial charge in [-0.1, -0.05) is 5.16 Å². The summed E-state index contributed by atoms with van der Waals surface area (Å²) < 4.78 is 4.17. The molecule has 5 nitrogen and oxygen atoms in total. The molecule has 1 rings (SSSR count). The number of hydrogen-bond acceptors (Lipinski definition) is 6. The average molecular weight is 214 g/mol. The number of rotatable bonds is 5. The van der Waals surface area contributed by atoms with Gasteiger partial charge < -0.3 is 10.2 Å². The van der Waals surface area contributed by atoms with Crippen LogP contribution in [0.4, 0.5) is 5.13 Å². The highest BCUT2D eigenvalue weighted by Gasteiger charge is 2.03. The predicted molar refractivity (Wildman–Crippen MR) is 57.9 cm³/mol. The van der Waals surface area contributed by atoms with E-state index >= 15 is 0 Å². The summed E-state index contributed by atoms with van der Waals surface area (Å²) in [6.45, 7) is 4.39. The molecule has 0 saturated heterocycles. The lowest BCUT2D eigenvalue weighted by Gasteiger charge is -1.96. The van der Waals surface area contributed by atoms with Gasteiger partial charge in [0.25, 0.3) is 0 Å². The van der Waals surface area contributed by atoms with Crippen molar-refractivity contribution < 1.29 is 4.84 Å². The van der Waals surface area contributed by atoms with Crippen LogP contribution in [0.25, 0.3) is 0 Å². The highest BCUT2D eigenvalue weighted by molar-refractivity contribution is 7.09. The highest BCUT2D eigenvalue weighted by atomic mass is 32.1. The first kappa shape index (κ1) is 10.9. The normalized spacial score (nSPS) is 11.5. The Bertz CT molecular complexity index is 310. The van der Waals surface area contributed by atoms with Gasteiger partial charge in [0, 0.05) is 18.6 Å². The van der Waals surface area contributed by atoms with Crippen LogP contribution in [0.3, 0.4) is 0 Å². The van der Waals surface area contributed by atoms with Crippen LogP contribution >= 0.6 is 11.5 Å². The Balaban J connectivity index is 2.51. The van der Waals surface area contributed by atoms with Crippen molar-refractivity contribution in [1.29, 1.82) is 0 Å². The van der Waals surface area contributed by atoms with Crippen LogP contribution in [0.15, 0.2) is 5.16 Å². The number of nitrogens with one attached hydrogen (secondary N) is 1. The standard InChI is InChI=1S/C8H14N4OS/c1-4-13-11-6(2)5-7-10-8(9-3)14-12-7/h4-5H2,1-3H3,(H,9,10,12). The zero-order chi connectivity index (χ0) is 10.4. The summed E-state index contributed by atoms with van der Waals surface area (Å²) in [6, 6.07) is 0. The van der Waals surface area contributed by atoms with Crippen LogP contribution in [-0.2, 0) is 11.3 Å². The van der Waals surface area contributed by atoms with E-state index < -0.39 is 0 Å². The fraction of sp³-hybridized carbons (Fsp3) is 0.625. The maximum absolute atomic E-state index is 4.92. The summed E-state index contributed by atoms with van der Waals surface area (Å²) in [7, 11) is 1.82. The maximum Gasteiger partial charge on any atom is 0.202 e. The molecule has 0 aliphatic heterocycles. The second-order valence-electron chi connectivity index (χ2n) is 2.69. The Hall–Kier alpha value is -1.17. The molecule has 14 heavy (non-hydrogen) atoms. The molecule has 0 radical (unpaired) electrons. The van der Waals surface area contributed by atoms with Crippen molar-refractivity contribution in [3.63, 3.8) is 0 Å². The maximum atomic E-state index is 4.92. The number of hydrogen-bond donors (Lipinski definition) is 1. The number of nitrogens with zero attached hydrogens (tertiary/aromatic N) is 3. The van der Waals surface area contributed by atoms with E-state index in [1.165, 1.54) is 11.5 Å². The Labute approximate surface area is 87.4 Å². The number of oxime groups is 1. The van der Waals surface area contributed by atoms with E-state index in [9.17, 15) is 0 Å². The molecule has 0 spiro atoms. The van der Waals surface area contributed by atoms with Gasteiger partial charge >= 0.3 is 0 Å². The Kier molecular flexibility index (Phi) is 4.31. The van der Waals surface area contributed by atoms with Crippen molar-refractivity contribution >= 4 is 22.4 Å². The third-order valence-corrected chi connectivity index (χ3v) is 2.22. The van der Waals surface area contributed by atoms with Crippen LogP contribution < -0.4 is 5.32 Å². The zero-order valence-corrected chi connectivity index (χ0v) is 9.39. The zero-order valence-electron chi connectivity index (χ0n) is 8.57. The monoisotopic (exact) mass is 214 g/mol. The van der Waals surface area contributed by atoms with E-state index in [1.807, 2.05) is 20.9 Å². The lowest BCUT2D eigenvalue weighted by molar-refractivity contribution is 0.158. The summed E-state index contributed by atoms with van der Waals surface area (Å²) >= 11 is 1.35. The van der Waals surface area contributed by atoms with E-state index in [1.54, 1.807) is 0 Å². The van der Waals surface area contributed by atoms with E-state index in [0.29, 0.717) is 13.0 Å². The molecule has 1 N–H and O–H groups in total. The van der Waals surface area contributed by atoms with Crippen molar-refractivity contribution in [1.82, 2.24) is 9.36 Å². The number of anilines is 1. The summed E-state index contributed by atoms with van der Waals surface area (Å²) in [5.74, 6) is 0.778. The first-order chi connectivity index (χ1) is 6.76. The van der Waals surface area contributed by atoms with Crippen molar-refractivity contribution in [3.05, 3.63) is 5.82 Å². The van der Waals surface area contributed by atoms with Gasteiger partial charge in [0.05, 0.1) is 12.1 Å². The van der Waals surface area contributed by atoms with Gasteiger partial charge in [-0.25, -0.2) is 4.98 Å².